The molecular formula is C16H21N3. The van der Waals surface area contributed by atoms with Crippen molar-refractivity contribution in [2.45, 2.75) is 19.8 Å². The molecule has 0 saturated carbocycles. The molecule has 0 aliphatic heterocycles. The number of pyridine rings is 1. The van der Waals surface area contributed by atoms with E-state index in [0.717, 1.165) is 37.4 Å². The molecule has 1 aromatic carbocycles. The molecule has 1 heterocycles. The standard InChI is InChI=1S/C16H21N3/c1-2-10-18-16-13-15(9-12-19-16)17-11-8-14-6-4-3-5-7-14/h3-7,9,12-13H,2,8,10-11H2,1H3,(H2,17,18,19). The highest BCUT2D eigenvalue weighted by Gasteiger charge is 1.96. The van der Waals surface area contributed by atoms with Gasteiger partial charge in [0.25, 0.3) is 0 Å². The minimum Gasteiger partial charge on any atom is -0.385 e. The summed E-state index contributed by atoms with van der Waals surface area (Å²) in [5.41, 5.74) is 2.47. The highest BCUT2D eigenvalue weighted by molar-refractivity contribution is 5.51. The summed E-state index contributed by atoms with van der Waals surface area (Å²) in [4.78, 5) is 4.29. The Balaban J connectivity index is 1.82. The summed E-state index contributed by atoms with van der Waals surface area (Å²) >= 11 is 0. The molecule has 0 radical (unpaired) electrons. The number of hydrogen-bond donors (Lipinski definition) is 2. The second-order valence-electron chi connectivity index (χ2n) is 4.52. The first-order valence-electron chi connectivity index (χ1n) is 6.86. The molecular weight excluding hydrogens is 234 g/mol. The van der Waals surface area contributed by atoms with Gasteiger partial charge in [-0.25, -0.2) is 4.98 Å². The summed E-state index contributed by atoms with van der Waals surface area (Å²) in [6.45, 7) is 4.04. The van der Waals surface area contributed by atoms with Gasteiger partial charge in [-0.2, -0.15) is 0 Å². The van der Waals surface area contributed by atoms with Crippen molar-refractivity contribution in [3.8, 4) is 0 Å². The van der Waals surface area contributed by atoms with Gasteiger partial charge in [-0.3, -0.25) is 0 Å². The van der Waals surface area contributed by atoms with Crippen LogP contribution in [0.15, 0.2) is 48.7 Å². The van der Waals surface area contributed by atoms with E-state index in [2.05, 4.69) is 52.9 Å². The first kappa shape index (κ1) is 13.4. The first-order chi connectivity index (χ1) is 9.38. The fourth-order valence-electron chi connectivity index (χ4n) is 1.89. The smallest absolute Gasteiger partial charge is 0.127 e. The Labute approximate surface area is 115 Å². The second-order valence-corrected chi connectivity index (χ2v) is 4.52. The summed E-state index contributed by atoms with van der Waals surface area (Å²) in [5.74, 6) is 0.937. The molecule has 0 unspecified atom stereocenters. The molecule has 3 heteroatoms. The van der Waals surface area contributed by atoms with Gasteiger partial charge >= 0.3 is 0 Å². The predicted octanol–water partition coefficient (Wildman–Crippen LogP) is 3.56. The Morgan fingerprint density at radius 3 is 2.63 bits per heavy atom. The van der Waals surface area contributed by atoms with Crippen LogP contribution in [-0.4, -0.2) is 18.1 Å². The number of rotatable bonds is 7. The summed E-state index contributed by atoms with van der Waals surface area (Å²) < 4.78 is 0. The molecule has 2 N–H and O–H groups in total. The van der Waals surface area contributed by atoms with Gasteiger partial charge in [-0.1, -0.05) is 37.3 Å². The Kier molecular flexibility index (Phi) is 5.23. The largest absolute Gasteiger partial charge is 0.385 e. The van der Waals surface area contributed by atoms with Crippen LogP contribution in [0.3, 0.4) is 0 Å². The number of aromatic nitrogens is 1. The van der Waals surface area contributed by atoms with Gasteiger partial charge in [0.15, 0.2) is 0 Å². The van der Waals surface area contributed by atoms with Crippen LogP contribution in [0.4, 0.5) is 11.5 Å². The number of anilines is 2. The molecule has 0 bridgehead atoms. The van der Waals surface area contributed by atoms with Gasteiger partial charge in [0.05, 0.1) is 0 Å². The van der Waals surface area contributed by atoms with Crippen LogP contribution in [0.1, 0.15) is 18.9 Å². The molecule has 0 spiro atoms. The van der Waals surface area contributed by atoms with E-state index < -0.39 is 0 Å². The molecule has 0 aliphatic rings. The third-order valence-corrected chi connectivity index (χ3v) is 2.90. The molecule has 0 saturated heterocycles. The lowest BCUT2D eigenvalue weighted by molar-refractivity contribution is 0.968. The minimum atomic E-state index is 0.932. The summed E-state index contributed by atoms with van der Waals surface area (Å²) in [6, 6.07) is 14.6. The van der Waals surface area contributed by atoms with Crippen LogP contribution < -0.4 is 10.6 Å². The average molecular weight is 255 g/mol. The summed E-state index contributed by atoms with van der Waals surface area (Å²) in [5, 5.41) is 6.72. The lowest BCUT2D eigenvalue weighted by atomic mass is 10.1. The molecule has 2 aromatic rings. The van der Waals surface area contributed by atoms with Crippen molar-refractivity contribution in [2.75, 3.05) is 23.7 Å². The molecule has 0 aliphatic carbocycles. The monoisotopic (exact) mass is 255 g/mol. The Hall–Kier alpha value is -2.03. The third kappa shape index (κ3) is 4.62. The highest BCUT2D eigenvalue weighted by atomic mass is 15.0. The van der Waals surface area contributed by atoms with E-state index in [-0.39, 0.29) is 0 Å². The van der Waals surface area contributed by atoms with Gasteiger partial charge in [-0.15, -0.1) is 0 Å². The Bertz CT molecular complexity index is 482. The van der Waals surface area contributed by atoms with E-state index in [1.165, 1.54) is 5.56 Å². The summed E-state index contributed by atoms with van der Waals surface area (Å²) in [7, 11) is 0. The SMILES string of the molecule is CCCNc1cc(NCCc2ccccc2)ccn1. The van der Waals surface area contributed by atoms with Crippen LogP contribution in [0.5, 0.6) is 0 Å². The number of benzene rings is 1. The Morgan fingerprint density at radius 1 is 1.00 bits per heavy atom. The topological polar surface area (TPSA) is 37.0 Å². The van der Waals surface area contributed by atoms with Gasteiger partial charge in [0.2, 0.25) is 0 Å². The number of nitrogens with one attached hydrogen (secondary N) is 2. The molecule has 0 amide bonds. The average Bonchev–Trinajstić information content (AvgIpc) is 2.47. The van der Waals surface area contributed by atoms with Crippen LogP contribution >= 0.6 is 0 Å². The van der Waals surface area contributed by atoms with E-state index >= 15 is 0 Å². The fourth-order valence-corrected chi connectivity index (χ4v) is 1.89. The van der Waals surface area contributed by atoms with Crippen molar-refractivity contribution >= 4 is 11.5 Å². The van der Waals surface area contributed by atoms with Crippen LogP contribution in [0, 0.1) is 0 Å². The normalized spacial score (nSPS) is 10.2. The van der Waals surface area contributed by atoms with Crippen molar-refractivity contribution in [2.24, 2.45) is 0 Å². The van der Waals surface area contributed by atoms with Gasteiger partial charge in [0.1, 0.15) is 5.82 Å². The highest BCUT2D eigenvalue weighted by Crippen LogP contribution is 2.12. The van der Waals surface area contributed by atoms with Gasteiger partial charge in [-0.05, 0) is 24.5 Å². The molecule has 19 heavy (non-hydrogen) atoms. The number of nitrogens with zero attached hydrogens (tertiary/aromatic N) is 1. The first-order valence-corrected chi connectivity index (χ1v) is 6.86. The van der Waals surface area contributed by atoms with E-state index in [0.29, 0.717) is 0 Å². The quantitative estimate of drug-likeness (QED) is 0.794. The van der Waals surface area contributed by atoms with E-state index in [1.807, 2.05) is 18.3 Å². The van der Waals surface area contributed by atoms with Crippen molar-refractivity contribution in [3.05, 3.63) is 54.2 Å². The lowest BCUT2D eigenvalue weighted by Gasteiger charge is -2.09. The minimum absolute atomic E-state index is 0.932. The van der Waals surface area contributed by atoms with Crippen LogP contribution in [0.25, 0.3) is 0 Å². The fraction of sp³-hybridized carbons (Fsp3) is 0.312. The van der Waals surface area contributed by atoms with E-state index in [1.54, 1.807) is 0 Å². The zero-order valence-electron chi connectivity index (χ0n) is 11.4. The lowest BCUT2D eigenvalue weighted by Crippen LogP contribution is -2.06. The molecule has 1 aromatic heterocycles. The molecule has 0 atom stereocenters. The number of hydrogen-bond acceptors (Lipinski definition) is 3. The maximum atomic E-state index is 4.29. The maximum Gasteiger partial charge on any atom is 0.127 e. The molecule has 3 nitrogen and oxygen atoms in total. The zero-order valence-corrected chi connectivity index (χ0v) is 11.4. The third-order valence-electron chi connectivity index (χ3n) is 2.90. The van der Waals surface area contributed by atoms with E-state index in [4.69, 9.17) is 0 Å². The van der Waals surface area contributed by atoms with E-state index in [9.17, 15) is 0 Å². The summed E-state index contributed by atoms with van der Waals surface area (Å²) in [6.07, 6.45) is 3.97. The van der Waals surface area contributed by atoms with Gasteiger partial charge < -0.3 is 10.6 Å². The Morgan fingerprint density at radius 2 is 1.84 bits per heavy atom. The molecule has 0 fully saturated rings. The molecule has 100 valence electrons. The van der Waals surface area contributed by atoms with Crippen molar-refractivity contribution < 1.29 is 0 Å². The van der Waals surface area contributed by atoms with Crippen molar-refractivity contribution in [1.29, 1.82) is 0 Å². The van der Waals surface area contributed by atoms with Crippen molar-refractivity contribution in [3.63, 3.8) is 0 Å². The van der Waals surface area contributed by atoms with Gasteiger partial charge in [0, 0.05) is 31.0 Å². The maximum absolute atomic E-state index is 4.29. The van der Waals surface area contributed by atoms with Crippen LogP contribution in [-0.2, 0) is 6.42 Å². The zero-order chi connectivity index (χ0) is 13.3. The second kappa shape index (κ2) is 7.41. The van der Waals surface area contributed by atoms with Crippen molar-refractivity contribution in [1.82, 2.24) is 4.98 Å². The van der Waals surface area contributed by atoms with Crippen LogP contribution in [0.2, 0.25) is 0 Å². The predicted molar refractivity (Wildman–Crippen MR) is 81.7 cm³/mol. The molecule has 2 rings (SSSR count).